The second-order valence-electron chi connectivity index (χ2n) is 5.48. The first-order valence-electron chi connectivity index (χ1n) is 7.23. The first-order chi connectivity index (χ1) is 10.1. The minimum Gasteiger partial charge on any atom is -0.376 e. The van der Waals surface area contributed by atoms with Gasteiger partial charge >= 0.3 is 0 Å². The van der Waals surface area contributed by atoms with Crippen molar-refractivity contribution in [2.24, 2.45) is 5.73 Å². The maximum Gasteiger partial charge on any atom is 0.252 e. The Morgan fingerprint density at radius 2 is 2.24 bits per heavy atom. The standard InChI is InChI=1S/C17H22N2O2/c1-13-6-7-14(5-3-10-18)15(11-13)16(20)19-12-17(21-2)8-4-9-17/h6-7,11H,4,8-10,12,18H2,1-2H3,(H,19,20). The van der Waals surface area contributed by atoms with Gasteiger partial charge in [-0.3, -0.25) is 4.79 Å². The van der Waals surface area contributed by atoms with Gasteiger partial charge in [0.25, 0.3) is 5.91 Å². The Labute approximate surface area is 126 Å². The van der Waals surface area contributed by atoms with Crippen molar-refractivity contribution in [1.29, 1.82) is 0 Å². The molecule has 4 heteroatoms. The molecule has 21 heavy (non-hydrogen) atoms. The number of hydrogen-bond acceptors (Lipinski definition) is 3. The molecule has 0 aromatic heterocycles. The Hall–Kier alpha value is -1.83. The molecule has 0 heterocycles. The molecule has 4 nitrogen and oxygen atoms in total. The number of hydrogen-bond donors (Lipinski definition) is 2. The molecule has 0 aliphatic heterocycles. The number of carbonyl (C=O) groups is 1. The Morgan fingerprint density at radius 3 is 2.81 bits per heavy atom. The second-order valence-corrected chi connectivity index (χ2v) is 5.48. The van der Waals surface area contributed by atoms with Crippen molar-refractivity contribution in [3.05, 3.63) is 34.9 Å². The molecular weight excluding hydrogens is 264 g/mol. The van der Waals surface area contributed by atoms with E-state index in [1.807, 2.05) is 25.1 Å². The first-order valence-corrected chi connectivity index (χ1v) is 7.23. The lowest BCUT2D eigenvalue weighted by Crippen LogP contribution is -2.49. The van der Waals surface area contributed by atoms with Gasteiger partial charge in [-0.1, -0.05) is 23.5 Å². The summed E-state index contributed by atoms with van der Waals surface area (Å²) >= 11 is 0. The number of nitrogens with one attached hydrogen (secondary N) is 1. The topological polar surface area (TPSA) is 64.3 Å². The van der Waals surface area contributed by atoms with Gasteiger partial charge < -0.3 is 15.8 Å². The third-order valence-electron chi connectivity index (χ3n) is 4.01. The summed E-state index contributed by atoms with van der Waals surface area (Å²) in [5.74, 6) is 5.64. The molecular formula is C17H22N2O2. The lowest BCUT2D eigenvalue weighted by atomic mass is 9.80. The summed E-state index contributed by atoms with van der Waals surface area (Å²) in [4.78, 5) is 12.4. The van der Waals surface area contributed by atoms with Crippen LogP contribution in [-0.2, 0) is 4.74 Å². The van der Waals surface area contributed by atoms with Crippen LogP contribution in [0, 0.1) is 18.8 Å². The van der Waals surface area contributed by atoms with Gasteiger partial charge in [0.1, 0.15) is 0 Å². The van der Waals surface area contributed by atoms with Crippen molar-refractivity contribution in [1.82, 2.24) is 5.32 Å². The minimum atomic E-state index is -0.178. The summed E-state index contributed by atoms with van der Waals surface area (Å²) in [7, 11) is 1.70. The fourth-order valence-electron chi connectivity index (χ4n) is 2.46. The van der Waals surface area contributed by atoms with E-state index in [-0.39, 0.29) is 18.1 Å². The molecule has 3 N–H and O–H groups in total. The van der Waals surface area contributed by atoms with Gasteiger partial charge in [0, 0.05) is 19.2 Å². The van der Waals surface area contributed by atoms with Gasteiger partial charge in [-0.05, 0) is 38.3 Å². The van der Waals surface area contributed by atoms with E-state index in [4.69, 9.17) is 10.5 Å². The van der Waals surface area contributed by atoms with Gasteiger partial charge in [0.15, 0.2) is 0 Å². The molecule has 112 valence electrons. The minimum absolute atomic E-state index is 0.108. The quantitative estimate of drug-likeness (QED) is 0.826. The normalized spacial score (nSPS) is 15.6. The highest BCUT2D eigenvalue weighted by Gasteiger charge is 2.37. The third-order valence-corrected chi connectivity index (χ3v) is 4.01. The number of nitrogens with two attached hydrogens (primary N) is 1. The van der Waals surface area contributed by atoms with Crippen LogP contribution in [-0.4, -0.2) is 31.7 Å². The van der Waals surface area contributed by atoms with Crippen molar-refractivity contribution in [2.45, 2.75) is 31.8 Å². The third kappa shape index (κ3) is 3.63. The summed E-state index contributed by atoms with van der Waals surface area (Å²) in [5, 5.41) is 2.97. The molecule has 1 aromatic carbocycles. The van der Waals surface area contributed by atoms with Crippen molar-refractivity contribution in [2.75, 3.05) is 20.2 Å². The number of amides is 1. The molecule has 1 aliphatic rings. The van der Waals surface area contributed by atoms with Gasteiger partial charge in [0.2, 0.25) is 0 Å². The van der Waals surface area contributed by atoms with E-state index >= 15 is 0 Å². The maximum atomic E-state index is 12.4. The number of ether oxygens (including phenoxy) is 1. The molecule has 2 rings (SSSR count). The zero-order chi connectivity index (χ0) is 15.3. The number of aryl methyl sites for hydroxylation is 1. The summed E-state index contributed by atoms with van der Waals surface area (Å²) in [6.07, 6.45) is 3.15. The van der Waals surface area contributed by atoms with Gasteiger partial charge in [0.05, 0.1) is 17.7 Å². The van der Waals surface area contributed by atoms with Crippen LogP contribution >= 0.6 is 0 Å². The van der Waals surface area contributed by atoms with Crippen molar-refractivity contribution >= 4 is 5.91 Å². The molecule has 1 aromatic rings. The fourth-order valence-corrected chi connectivity index (χ4v) is 2.46. The Bertz CT molecular complexity index is 575. The summed E-state index contributed by atoms with van der Waals surface area (Å²) in [6, 6.07) is 5.67. The van der Waals surface area contributed by atoms with Crippen molar-refractivity contribution in [3.63, 3.8) is 0 Å². The summed E-state index contributed by atoms with van der Waals surface area (Å²) < 4.78 is 5.52. The Kier molecular flexibility index (Phi) is 5.00. The van der Waals surface area contributed by atoms with Gasteiger partial charge in [-0.2, -0.15) is 0 Å². The van der Waals surface area contributed by atoms with E-state index in [9.17, 15) is 4.79 Å². The van der Waals surface area contributed by atoms with E-state index in [1.54, 1.807) is 7.11 Å². The van der Waals surface area contributed by atoms with E-state index in [2.05, 4.69) is 17.2 Å². The predicted molar refractivity (Wildman–Crippen MR) is 83.0 cm³/mol. The SMILES string of the molecule is COC1(CNC(=O)c2cc(C)ccc2C#CCN)CCC1. The maximum absolute atomic E-state index is 12.4. The monoisotopic (exact) mass is 286 g/mol. The van der Waals surface area contributed by atoms with Crippen LogP contribution in [0.5, 0.6) is 0 Å². The molecule has 0 spiro atoms. The van der Waals surface area contributed by atoms with E-state index in [1.165, 1.54) is 0 Å². The van der Waals surface area contributed by atoms with Crippen LogP contribution in [0.4, 0.5) is 0 Å². The highest BCUT2D eigenvalue weighted by atomic mass is 16.5. The highest BCUT2D eigenvalue weighted by molar-refractivity contribution is 5.97. The smallest absolute Gasteiger partial charge is 0.252 e. The van der Waals surface area contributed by atoms with Crippen LogP contribution < -0.4 is 11.1 Å². The first kappa shape index (κ1) is 15.6. The largest absolute Gasteiger partial charge is 0.376 e. The summed E-state index contributed by atoms with van der Waals surface area (Å²) in [5.41, 5.74) is 7.56. The molecule has 0 saturated heterocycles. The Morgan fingerprint density at radius 1 is 1.48 bits per heavy atom. The molecule has 0 bridgehead atoms. The summed E-state index contributed by atoms with van der Waals surface area (Å²) in [6.45, 7) is 2.78. The molecule has 1 saturated carbocycles. The second kappa shape index (κ2) is 6.75. The van der Waals surface area contributed by atoms with Crippen molar-refractivity contribution < 1.29 is 9.53 Å². The molecule has 0 radical (unpaired) electrons. The van der Waals surface area contributed by atoms with E-state index in [0.717, 1.165) is 24.8 Å². The van der Waals surface area contributed by atoms with E-state index < -0.39 is 0 Å². The van der Waals surface area contributed by atoms with Crippen LogP contribution in [0.1, 0.15) is 40.7 Å². The highest BCUT2D eigenvalue weighted by Crippen LogP contribution is 2.34. The average molecular weight is 286 g/mol. The van der Waals surface area contributed by atoms with Gasteiger partial charge in [-0.25, -0.2) is 0 Å². The lowest BCUT2D eigenvalue weighted by Gasteiger charge is -2.40. The number of methoxy groups -OCH3 is 1. The van der Waals surface area contributed by atoms with Crippen LogP contribution in [0.15, 0.2) is 18.2 Å². The molecule has 0 atom stereocenters. The Balaban J connectivity index is 2.12. The molecule has 1 amide bonds. The predicted octanol–water partition coefficient (Wildman–Crippen LogP) is 1.60. The van der Waals surface area contributed by atoms with Crippen LogP contribution in [0.2, 0.25) is 0 Å². The zero-order valence-corrected chi connectivity index (χ0v) is 12.7. The van der Waals surface area contributed by atoms with Crippen LogP contribution in [0.3, 0.4) is 0 Å². The number of carbonyl (C=O) groups excluding carboxylic acids is 1. The lowest BCUT2D eigenvalue weighted by molar-refractivity contribution is -0.0679. The fraction of sp³-hybridized carbons (Fsp3) is 0.471. The molecule has 1 aliphatic carbocycles. The molecule has 0 unspecified atom stereocenters. The van der Waals surface area contributed by atoms with Crippen molar-refractivity contribution in [3.8, 4) is 11.8 Å². The zero-order valence-electron chi connectivity index (χ0n) is 12.7. The van der Waals surface area contributed by atoms with Gasteiger partial charge in [-0.15, -0.1) is 0 Å². The number of benzene rings is 1. The average Bonchev–Trinajstić information content (AvgIpc) is 2.45. The van der Waals surface area contributed by atoms with E-state index in [0.29, 0.717) is 17.7 Å². The number of rotatable bonds is 4. The molecule has 1 fully saturated rings. The van der Waals surface area contributed by atoms with Crippen LogP contribution in [0.25, 0.3) is 0 Å².